The fraction of sp³-hybridized carbons (Fsp3) is 0.200. The Morgan fingerprint density at radius 1 is 1.19 bits per heavy atom. The number of carbonyl (C=O) groups excluding carboxylic acids is 2. The quantitative estimate of drug-likeness (QED) is 0.764. The zero-order valence-electron chi connectivity index (χ0n) is 14.5. The number of carbonyl (C=O) groups is 2. The van der Waals surface area contributed by atoms with Crippen molar-refractivity contribution in [1.82, 2.24) is 0 Å². The van der Waals surface area contributed by atoms with Gasteiger partial charge in [0.05, 0.1) is 18.0 Å². The highest BCUT2D eigenvalue weighted by Crippen LogP contribution is 2.46. The third-order valence-corrected chi connectivity index (χ3v) is 5.43. The maximum absolute atomic E-state index is 13.1. The van der Waals surface area contributed by atoms with Crippen LogP contribution in [0.25, 0.3) is 0 Å². The van der Waals surface area contributed by atoms with Crippen molar-refractivity contribution in [1.29, 1.82) is 0 Å². The Labute approximate surface area is 156 Å². The Morgan fingerprint density at radius 3 is 2.50 bits per heavy atom. The molecule has 2 atom stereocenters. The van der Waals surface area contributed by atoms with E-state index in [2.05, 4.69) is 6.58 Å². The topological polar surface area (TPSA) is 55.8 Å². The number of nitrogens with zero attached hydrogens (tertiary/aromatic N) is 1. The summed E-state index contributed by atoms with van der Waals surface area (Å²) in [5, 5.41) is -0.386. The molecule has 0 aromatic heterocycles. The Balaban J connectivity index is 2.10. The standard InChI is InChI=1S/C20H19NO4S/c1-4-21-16-7-5-6-8-17(16)26-19(18(20(21)23)25-13(2)22)14-9-11-15(24-3)12-10-14/h4-12,18-19H,1H2,2-3H3. The van der Waals surface area contributed by atoms with Crippen LogP contribution in [-0.4, -0.2) is 25.1 Å². The lowest BCUT2D eigenvalue weighted by atomic mass is 10.1. The van der Waals surface area contributed by atoms with Crippen molar-refractivity contribution in [3.63, 3.8) is 0 Å². The average Bonchev–Trinajstić information content (AvgIpc) is 2.76. The van der Waals surface area contributed by atoms with Gasteiger partial charge < -0.3 is 9.47 Å². The predicted octanol–water partition coefficient (Wildman–Crippen LogP) is 3.95. The van der Waals surface area contributed by atoms with Crippen LogP contribution < -0.4 is 9.64 Å². The van der Waals surface area contributed by atoms with Crippen LogP contribution in [0.3, 0.4) is 0 Å². The van der Waals surface area contributed by atoms with Crippen LogP contribution in [0, 0.1) is 0 Å². The third kappa shape index (κ3) is 3.46. The average molecular weight is 369 g/mol. The van der Waals surface area contributed by atoms with Gasteiger partial charge in [-0.05, 0) is 29.8 Å². The summed E-state index contributed by atoms with van der Waals surface area (Å²) >= 11 is 1.49. The van der Waals surface area contributed by atoms with E-state index in [-0.39, 0.29) is 11.2 Å². The highest BCUT2D eigenvalue weighted by molar-refractivity contribution is 7.99. The molecule has 0 saturated carbocycles. The van der Waals surface area contributed by atoms with Crippen LogP contribution in [0.1, 0.15) is 17.7 Å². The number of hydrogen-bond donors (Lipinski definition) is 0. The number of para-hydroxylation sites is 1. The summed E-state index contributed by atoms with van der Waals surface area (Å²) in [6.07, 6.45) is 0.491. The van der Waals surface area contributed by atoms with E-state index < -0.39 is 12.1 Å². The molecule has 1 amide bonds. The van der Waals surface area contributed by atoms with Crippen molar-refractivity contribution in [2.75, 3.05) is 12.0 Å². The Morgan fingerprint density at radius 2 is 1.88 bits per heavy atom. The van der Waals surface area contributed by atoms with Crippen LogP contribution >= 0.6 is 11.8 Å². The van der Waals surface area contributed by atoms with Crippen molar-refractivity contribution < 1.29 is 19.1 Å². The molecule has 1 aliphatic heterocycles. The van der Waals surface area contributed by atoms with Gasteiger partial charge in [-0.3, -0.25) is 14.5 Å². The predicted molar refractivity (Wildman–Crippen MR) is 101 cm³/mol. The lowest BCUT2D eigenvalue weighted by Gasteiger charge is -2.25. The number of rotatable bonds is 4. The van der Waals surface area contributed by atoms with Crippen LogP contribution in [0.15, 0.2) is 66.2 Å². The fourth-order valence-electron chi connectivity index (χ4n) is 2.86. The van der Waals surface area contributed by atoms with E-state index in [9.17, 15) is 9.59 Å². The normalized spacial score (nSPS) is 19.3. The van der Waals surface area contributed by atoms with Gasteiger partial charge in [-0.2, -0.15) is 0 Å². The van der Waals surface area contributed by atoms with Crippen molar-refractivity contribution in [2.45, 2.75) is 23.2 Å². The van der Waals surface area contributed by atoms with Crippen molar-refractivity contribution in [3.05, 3.63) is 66.9 Å². The molecule has 26 heavy (non-hydrogen) atoms. The second-order valence-electron chi connectivity index (χ2n) is 5.70. The van der Waals surface area contributed by atoms with E-state index in [1.807, 2.05) is 48.5 Å². The molecule has 0 radical (unpaired) electrons. The molecule has 0 N–H and O–H groups in total. The largest absolute Gasteiger partial charge is 0.497 e. The highest BCUT2D eigenvalue weighted by atomic mass is 32.2. The highest BCUT2D eigenvalue weighted by Gasteiger charge is 2.40. The first-order valence-electron chi connectivity index (χ1n) is 8.07. The summed E-state index contributed by atoms with van der Waals surface area (Å²) in [5.41, 5.74) is 1.60. The van der Waals surface area contributed by atoms with E-state index in [1.54, 1.807) is 7.11 Å². The van der Waals surface area contributed by atoms with E-state index in [0.29, 0.717) is 0 Å². The SMILES string of the molecule is C=CN1C(=O)C(OC(C)=O)C(c2ccc(OC)cc2)Sc2ccccc21. The lowest BCUT2D eigenvalue weighted by molar-refractivity contribution is -0.152. The van der Waals surface area contributed by atoms with Crippen molar-refractivity contribution in [2.24, 2.45) is 0 Å². The van der Waals surface area contributed by atoms with E-state index in [0.717, 1.165) is 21.9 Å². The van der Waals surface area contributed by atoms with Gasteiger partial charge in [0.25, 0.3) is 5.91 Å². The molecule has 2 unspecified atom stereocenters. The summed E-state index contributed by atoms with van der Waals surface area (Å²) in [6, 6.07) is 15.0. The van der Waals surface area contributed by atoms with Crippen LogP contribution in [-0.2, 0) is 14.3 Å². The fourth-order valence-corrected chi connectivity index (χ4v) is 4.16. The third-order valence-electron chi connectivity index (χ3n) is 4.05. The number of ether oxygens (including phenoxy) is 2. The molecule has 1 heterocycles. The molecule has 0 bridgehead atoms. The second-order valence-corrected chi connectivity index (χ2v) is 6.88. The molecule has 2 aromatic rings. The monoisotopic (exact) mass is 369 g/mol. The van der Waals surface area contributed by atoms with Crippen LogP contribution in [0.2, 0.25) is 0 Å². The van der Waals surface area contributed by atoms with E-state index >= 15 is 0 Å². The molecule has 0 fully saturated rings. The molecule has 134 valence electrons. The molecule has 6 heteroatoms. The zero-order valence-corrected chi connectivity index (χ0v) is 15.4. The van der Waals surface area contributed by atoms with Gasteiger partial charge in [-0.1, -0.05) is 30.8 Å². The van der Waals surface area contributed by atoms with Crippen molar-refractivity contribution in [3.8, 4) is 5.75 Å². The van der Waals surface area contributed by atoms with Gasteiger partial charge in [0.15, 0.2) is 6.10 Å². The molecule has 5 nitrogen and oxygen atoms in total. The molecular weight excluding hydrogens is 350 g/mol. The first-order chi connectivity index (χ1) is 12.5. The Bertz CT molecular complexity index is 834. The molecule has 1 aliphatic rings. The molecule has 3 rings (SSSR count). The van der Waals surface area contributed by atoms with Crippen LogP contribution in [0.4, 0.5) is 5.69 Å². The maximum atomic E-state index is 13.1. The molecule has 2 aromatic carbocycles. The first kappa shape index (κ1) is 18.1. The Hall–Kier alpha value is -2.73. The molecule has 0 spiro atoms. The zero-order chi connectivity index (χ0) is 18.7. The summed E-state index contributed by atoms with van der Waals surface area (Å²) in [6.45, 7) is 5.05. The number of esters is 1. The minimum absolute atomic E-state index is 0.325. The second kappa shape index (κ2) is 7.66. The summed E-state index contributed by atoms with van der Waals surface area (Å²) < 4.78 is 10.6. The first-order valence-corrected chi connectivity index (χ1v) is 8.95. The van der Waals surface area contributed by atoms with Gasteiger partial charge >= 0.3 is 5.97 Å². The maximum Gasteiger partial charge on any atom is 0.303 e. The van der Waals surface area contributed by atoms with E-state index in [4.69, 9.17) is 9.47 Å². The van der Waals surface area contributed by atoms with Gasteiger partial charge in [0.1, 0.15) is 5.75 Å². The van der Waals surface area contributed by atoms with Gasteiger partial charge in [0.2, 0.25) is 0 Å². The number of benzene rings is 2. The number of anilines is 1. The van der Waals surface area contributed by atoms with Crippen molar-refractivity contribution >= 4 is 29.3 Å². The summed E-state index contributed by atoms with van der Waals surface area (Å²) in [5.74, 6) is -0.109. The van der Waals surface area contributed by atoms with Crippen LogP contribution in [0.5, 0.6) is 5.75 Å². The number of hydrogen-bond acceptors (Lipinski definition) is 5. The minimum atomic E-state index is -0.962. The summed E-state index contributed by atoms with van der Waals surface area (Å²) in [7, 11) is 1.60. The molecular formula is C20H19NO4S. The Kier molecular flexibility index (Phi) is 5.32. The molecule has 0 saturated heterocycles. The molecule has 0 aliphatic carbocycles. The minimum Gasteiger partial charge on any atom is -0.497 e. The number of methoxy groups -OCH3 is 1. The summed E-state index contributed by atoms with van der Waals surface area (Å²) in [4.78, 5) is 27.1. The van der Waals surface area contributed by atoms with E-state index in [1.165, 1.54) is 29.8 Å². The van der Waals surface area contributed by atoms with Gasteiger partial charge in [-0.15, -0.1) is 11.8 Å². The van der Waals surface area contributed by atoms with Gasteiger partial charge in [-0.25, -0.2) is 0 Å². The number of thioether (sulfide) groups is 1. The number of amides is 1. The smallest absolute Gasteiger partial charge is 0.303 e. The number of fused-ring (bicyclic) bond motifs is 1. The van der Waals surface area contributed by atoms with Gasteiger partial charge in [0, 0.05) is 18.0 Å². The lowest BCUT2D eigenvalue weighted by Crippen LogP contribution is -2.39.